The number of hydrogen-bond donors (Lipinski definition) is 2. The first-order valence-electron chi connectivity index (χ1n) is 5.70. The largest absolute Gasteiger partial charge is 0.396 e. The lowest BCUT2D eigenvalue weighted by atomic mass is 10.1. The highest BCUT2D eigenvalue weighted by atomic mass is 16.3. The maximum Gasteiger partial charge on any atom is 0.0468 e. The lowest BCUT2D eigenvalue weighted by molar-refractivity contribution is 0.233. The van der Waals surface area contributed by atoms with Crippen LogP contribution in [0.4, 0.5) is 0 Å². The summed E-state index contributed by atoms with van der Waals surface area (Å²) < 4.78 is 0. The number of benzene rings is 1. The van der Waals surface area contributed by atoms with Gasteiger partial charge in [0.15, 0.2) is 0 Å². The average Bonchev–Trinajstić information content (AvgIpc) is 3.06. The summed E-state index contributed by atoms with van der Waals surface area (Å²) in [6.45, 7) is 3.26. The van der Waals surface area contributed by atoms with Crippen LogP contribution in [-0.2, 0) is 0 Å². The predicted molar refractivity (Wildman–Crippen MR) is 61.8 cm³/mol. The van der Waals surface area contributed by atoms with Crippen LogP contribution in [0.2, 0.25) is 0 Å². The Bertz CT molecular complexity index is 299. The maximum atomic E-state index is 8.91. The van der Waals surface area contributed by atoms with Crippen LogP contribution < -0.4 is 5.32 Å². The zero-order valence-corrected chi connectivity index (χ0v) is 9.19. The molecule has 1 aromatic rings. The van der Waals surface area contributed by atoms with Crippen molar-refractivity contribution in [3.8, 4) is 0 Å². The van der Waals surface area contributed by atoms with Crippen molar-refractivity contribution in [2.45, 2.75) is 25.3 Å². The molecular weight excluding hydrogens is 186 g/mol. The third-order valence-electron chi connectivity index (χ3n) is 3.06. The molecule has 1 aliphatic carbocycles. The molecule has 15 heavy (non-hydrogen) atoms. The predicted octanol–water partition coefficient (Wildman–Crippen LogP) is 1.76. The van der Waals surface area contributed by atoms with Crippen molar-refractivity contribution in [1.29, 1.82) is 0 Å². The van der Waals surface area contributed by atoms with Gasteiger partial charge in [0.1, 0.15) is 0 Å². The van der Waals surface area contributed by atoms with Crippen LogP contribution in [0.25, 0.3) is 0 Å². The van der Waals surface area contributed by atoms with Crippen LogP contribution in [0.3, 0.4) is 0 Å². The fourth-order valence-corrected chi connectivity index (χ4v) is 1.91. The Labute approximate surface area is 91.3 Å². The molecule has 3 unspecified atom stereocenters. The van der Waals surface area contributed by atoms with Gasteiger partial charge in [-0.3, -0.25) is 0 Å². The van der Waals surface area contributed by atoms with Gasteiger partial charge in [0.05, 0.1) is 0 Å². The molecule has 1 fully saturated rings. The molecule has 2 N–H and O–H groups in total. The van der Waals surface area contributed by atoms with E-state index in [1.54, 1.807) is 0 Å². The molecule has 0 bridgehead atoms. The van der Waals surface area contributed by atoms with E-state index < -0.39 is 0 Å². The van der Waals surface area contributed by atoms with Crippen LogP contribution in [0.15, 0.2) is 30.3 Å². The van der Waals surface area contributed by atoms with Crippen molar-refractivity contribution < 1.29 is 5.11 Å². The van der Waals surface area contributed by atoms with Gasteiger partial charge >= 0.3 is 0 Å². The average molecular weight is 205 g/mol. The Kier molecular flexibility index (Phi) is 3.39. The zero-order valence-electron chi connectivity index (χ0n) is 9.19. The monoisotopic (exact) mass is 205 g/mol. The minimum Gasteiger partial charge on any atom is -0.396 e. The van der Waals surface area contributed by atoms with E-state index in [4.69, 9.17) is 5.11 Å². The molecule has 3 atom stereocenters. The summed E-state index contributed by atoms with van der Waals surface area (Å²) in [5.74, 6) is 1.05. The molecule has 2 nitrogen and oxygen atoms in total. The van der Waals surface area contributed by atoms with Gasteiger partial charge in [-0.25, -0.2) is 0 Å². The molecule has 2 rings (SSSR count). The fourth-order valence-electron chi connectivity index (χ4n) is 1.91. The van der Waals surface area contributed by atoms with E-state index in [2.05, 4.69) is 42.6 Å². The van der Waals surface area contributed by atoms with E-state index in [1.165, 1.54) is 12.0 Å². The highest BCUT2D eigenvalue weighted by Crippen LogP contribution is 2.40. The van der Waals surface area contributed by atoms with Crippen molar-refractivity contribution in [3.63, 3.8) is 0 Å². The number of hydrogen-bond acceptors (Lipinski definition) is 2. The molecule has 82 valence electrons. The van der Waals surface area contributed by atoms with Crippen LogP contribution in [0.5, 0.6) is 0 Å². The zero-order chi connectivity index (χ0) is 10.7. The molecule has 0 spiro atoms. The summed E-state index contributed by atoms with van der Waals surface area (Å²) in [6.07, 6.45) is 1.24. The van der Waals surface area contributed by atoms with Crippen molar-refractivity contribution in [2.24, 2.45) is 5.92 Å². The fraction of sp³-hybridized carbons (Fsp3) is 0.538. The highest BCUT2D eigenvalue weighted by Gasteiger charge is 2.37. The second-order valence-corrected chi connectivity index (χ2v) is 4.56. The van der Waals surface area contributed by atoms with Gasteiger partial charge in [-0.05, 0) is 17.9 Å². The van der Waals surface area contributed by atoms with E-state index >= 15 is 0 Å². The Morgan fingerprint density at radius 3 is 2.80 bits per heavy atom. The number of nitrogens with one attached hydrogen (secondary N) is 1. The first kappa shape index (κ1) is 10.7. The Hall–Kier alpha value is -0.860. The van der Waals surface area contributed by atoms with Crippen LogP contribution in [0.1, 0.15) is 24.8 Å². The van der Waals surface area contributed by atoms with E-state index in [9.17, 15) is 0 Å². The Morgan fingerprint density at radius 1 is 1.40 bits per heavy atom. The van der Waals surface area contributed by atoms with Crippen molar-refractivity contribution in [3.05, 3.63) is 35.9 Å². The molecule has 2 heteroatoms. The Morgan fingerprint density at radius 2 is 2.13 bits per heavy atom. The standard InChI is InChI=1S/C13H19NO/c1-10(9-15)8-14-13-7-12(13)11-5-3-2-4-6-11/h2-6,10,12-15H,7-9H2,1H3. The molecular formula is C13H19NO. The van der Waals surface area contributed by atoms with Crippen molar-refractivity contribution in [1.82, 2.24) is 5.32 Å². The molecule has 1 aliphatic rings. The summed E-state index contributed by atoms with van der Waals surface area (Å²) >= 11 is 0. The lowest BCUT2D eigenvalue weighted by Gasteiger charge is -2.09. The third-order valence-corrected chi connectivity index (χ3v) is 3.06. The first-order chi connectivity index (χ1) is 7.31. The van der Waals surface area contributed by atoms with E-state index in [0.29, 0.717) is 17.9 Å². The lowest BCUT2D eigenvalue weighted by Crippen LogP contribution is -2.25. The smallest absolute Gasteiger partial charge is 0.0468 e. The van der Waals surface area contributed by atoms with Crippen LogP contribution >= 0.6 is 0 Å². The molecule has 0 saturated heterocycles. The van der Waals surface area contributed by atoms with E-state index in [1.807, 2.05) is 0 Å². The molecule has 0 aliphatic heterocycles. The molecule has 0 aromatic heterocycles. The van der Waals surface area contributed by atoms with Gasteiger partial charge in [0.25, 0.3) is 0 Å². The second-order valence-electron chi connectivity index (χ2n) is 4.56. The molecule has 1 aromatic carbocycles. The summed E-state index contributed by atoms with van der Waals surface area (Å²) in [7, 11) is 0. The third kappa shape index (κ3) is 2.80. The van der Waals surface area contributed by atoms with Crippen molar-refractivity contribution >= 4 is 0 Å². The maximum absolute atomic E-state index is 8.91. The quantitative estimate of drug-likeness (QED) is 0.767. The molecule has 0 amide bonds. The van der Waals surface area contributed by atoms with Gasteiger partial charge in [0, 0.05) is 25.1 Å². The summed E-state index contributed by atoms with van der Waals surface area (Å²) in [5.41, 5.74) is 1.44. The normalized spacial score (nSPS) is 26.3. The second kappa shape index (κ2) is 4.77. The minimum atomic E-state index is 0.274. The van der Waals surface area contributed by atoms with E-state index in [-0.39, 0.29) is 6.61 Å². The van der Waals surface area contributed by atoms with Crippen molar-refractivity contribution in [2.75, 3.05) is 13.2 Å². The van der Waals surface area contributed by atoms with Crippen LogP contribution in [-0.4, -0.2) is 24.3 Å². The minimum absolute atomic E-state index is 0.274. The first-order valence-corrected chi connectivity index (χ1v) is 5.70. The SMILES string of the molecule is CC(CO)CNC1CC1c1ccccc1. The molecule has 0 heterocycles. The van der Waals surface area contributed by atoms with Gasteiger partial charge in [0.2, 0.25) is 0 Å². The summed E-state index contributed by atoms with van der Waals surface area (Å²) in [5, 5.41) is 12.4. The van der Waals surface area contributed by atoms with Gasteiger partial charge < -0.3 is 10.4 Å². The summed E-state index contributed by atoms with van der Waals surface area (Å²) in [4.78, 5) is 0. The molecule has 0 radical (unpaired) electrons. The Balaban J connectivity index is 1.77. The van der Waals surface area contributed by atoms with Gasteiger partial charge in [-0.1, -0.05) is 37.3 Å². The number of rotatable bonds is 5. The summed E-state index contributed by atoms with van der Waals surface area (Å²) in [6, 6.07) is 11.3. The number of aliphatic hydroxyl groups is 1. The van der Waals surface area contributed by atoms with Gasteiger partial charge in [-0.2, -0.15) is 0 Å². The van der Waals surface area contributed by atoms with Crippen LogP contribution in [0, 0.1) is 5.92 Å². The molecule has 1 saturated carbocycles. The van der Waals surface area contributed by atoms with E-state index in [0.717, 1.165) is 6.54 Å². The highest BCUT2D eigenvalue weighted by molar-refractivity contribution is 5.27. The number of aliphatic hydroxyl groups excluding tert-OH is 1. The topological polar surface area (TPSA) is 32.3 Å². The van der Waals surface area contributed by atoms with Gasteiger partial charge in [-0.15, -0.1) is 0 Å².